The Balaban J connectivity index is 1.90. The Bertz CT molecular complexity index is 1050. The van der Waals surface area contributed by atoms with Crippen LogP contribution in [-0.4, -0.2) is 0 Å². The van der Waals surface area contributed by atoms with Crippen LogP contribution in [0.15, 0.2) is 42.6 Å². The van der Waals surface area contributed by atoms with Crippen molar-refractivity contribution in [2.45, 2.75) is 78.1 Å². The summed E-state index contributed by atoms with van der Waals surface area (Å²) in [6, 6.07) is 14.3. The smallest absolute Gasteiger partial charge is 0.200 e. The van der Waals surface area contributed by atoms with Gasteiger partial charge in [0.05, 0.1) is 10.9 Å². The maximum atomic E-state index is 2.46. The molecule has 0 unspecified atom stereocenters. The predicted octanol–water partition coefficient (Wildman–Crippen LogP) is 7.29. The molecule has 152 valence electrons. The summed E-state index contributed by atoms with van der Waals surface area (Å²) in [7, 11) is 2.18. The molecule has 1 aromatic heterocycles. The molecule has 0 aliphatic heterocycles. The summed E-state index contributed by atoms with van der Waals surface area (Å²) < 4.78 is 2.30. The van der Waals surface area contributed by atoms with Gasteiger partial charge in [0.1, 0.15) is 7.05 Å². The molecule has 1 heteroatoms. The summed E-state index contributed by atoms with van der Waals surface area (Å²) >= 11 is 0. The predicted molar refractivity (Wildman–Crippen MR) is 125 cm³/mol. The molecular formula is C28H36N+. The van der Waals surface area contributed by atoms with E-state index in [0.717, 1.165) is 5.92 Å². The molecule has 2 aromatic carbocycles. The second-order valence-corrected chi connectivity index (χ2v) is 10.2. The third-order valence-electron chi connectivity index (χ3n) is 7.03. The highest BCUT2D eigenvalue weighted by Gasteiger charge is 2.23. The third kappa shape index (κ3) is 3.84. The van der Waals surface area contributed by atoms with Gasteiger partial charge in [-0.2, -0.15) is 0 Å². The maximum absolute atomic E-state index is 2.46. The number of aryl methyl sites for hydroxylation is 2. The number of hydrogen-bond donors (Lipinski definition) is 0. The highest BCUT2D eigenvalue weighted by atomic mass is 14.9. The fraction of sp³-hybridized carbons (Fsp3) is 0.464. The van der Waals surface area contributed by atoms with Gasteiger partial charge in [-0.3, -0.25) is 0 Å². The van der Waals surface area contributed by atoms with E-state index in [0.29, 0.717) is 0 Å². The van der Waals surface area contributed by atoms with Crippen LogP contribution in [0.1, 0.15) is 81.0 Å². The molecule has 1 nitrogen and oxygen atoms in total. The van der Waals surface area contributed by atoms with Gasteiger partial charge in [0.2, 0.25) is 5.69 Å². The van der Waals surface area contributed by atoms with Gasteiger partial charge >= 0.3 is 0 Å². The van der Waals surface area contributed by atoms with Crippen LogP contribution in [-0.2, 0) is 12.5 Å². The first-order valence-corrected chi connectivity index (χ1v) is 11.3. The van der Waals surface area contributed by atoms with E-state index in [9.17, 15) is 0 Å². The van der Waals surface area contributed by atoms with Crippen molar-refractivity contribution in [1.82, 2.24) is 0 Å². The van der Waals surface area contributed by atoms with E-state index in [1.807, 2.05) is 0 Å². The maximum Gasteiger partial charge on any atom is 0.220 e. The lowest BCUT2D eigenvalue weighted by molar-refractivity contribution is -0.659. The van der Waals surface area contributed by atoms with Gasteiger partial charge in [0, 0.05) is 6.07 Å². The van der Waals surface area contributed by atoms with Crippen molar-refractivity contribution >= 4 is 10.8 Å². The zero-order chi connectivity index (χ0) is 20.8. The van der Waals surface area contributed by atoms with Gasteiger partial charge in [0.25, 0.3) is 0 Å². The largest absolute Gasteiger partial charge is 0.220 e. The number of rotatable bonds is 2. The van der Waals surface area contributed by atoms with Crippen molar-refractivity contribution in [3.05, 3.63) is 64.8 Å². The Morgan fingerprint density at radius 1 is 0.897 bits per heavy atom. The number of aromatic nitrogens is 1. The molecule has 0 saturated heterocycles. The van der Waals surface area contributed by atoms with Crippen molar-refractivity contribution in [1.29, 1.82) is 0 Å². The van der Waals surface area contributed by atoms with E-state index in [-0.39, 0.29) is 5.41 Å². The molecule has 1 saturated carbocycles. The summed E-state index contributed by atoms with van der Waals surface area (Å²) in [6.45, 7) is 11.4. The van der Waals surface area contributed by atoms with Gasteiger partial charge in [0.15, 0.2) is 6.20 Å². The van der Waals surface area contributed by atoms with Gasteiger partial charge < -0.3 is 0 Å². The molecule has 0 radical (unpaired) electrons. The normalized spacial score (nSPS) is 15.8. The first-order chi connectivity index (χ1) is 13.8. The first kappa shape index (κ1) is 20.1. The summed E-state index contributed by atoms with van der Waals surface area (Å²) in [5, 5.41) is 2.74. The van der Waals surface area contributed by atoms with E-state index in [1.54, 1.807) is 0 Å². The van der Waals surface area contributed by atoms with E-state index >= 15 is 0 Å². The van der Waals surface area contributed by atoms with Crippen LogP contribution >= 0.6 is 0 Å². The standard InChI is InChI=1S/C28H36N/c1-19-16-24(28(3,4)5)18-26(20(19)2)27-25-13-12-22(21-10-8-7-9-11-21)17-23(25)14-15-29(27)6/h12-18,21H,7-11H2,1-6H3/q+1. The van der Waals surface area contributed by atoms with Crippen LogP contribution < -0.4 is 4.57 Å². The average molecular weight is 387 g/mol. The van der Waals surface area contributed by atoms with Gasteiger partial charge in [-0.15, -0.1) is 0 Å². The van der Waals surface area contributed by atoms with Crippen LogP contribution in [0.5, 0.6) is 0 Å². The molecule has 4 rings (SSSR count). The minimum absolute atomic E-state index is 0.143. The molecule has 1 aliphatic carbocycles. The summed E-state index contributed by atoms with van der Waals surface area (Å²) in [6.07, 6.45) is 9.12. The highest BCUT2D eigenvalue weighted by Crippen LogP contribution is 2.37. The SMILES string of the molecule is Cc1cc(C(C)(C)C)cc(-c2c3ccc(C4CCCCC4)cc3cc[n+]2C)c1C. The molecule has 0 atom stereocenters. The molecule has 29 heavy (non-hydrogen) atoms. The Hall–Kier alpha value is -2.15. The lowest BCUT2D eigenvalue weighted by atomic mass is 9.82. The quantitative estimate of drug-likeness (QED) is 0.407. The number of nitrogens with zero attached hydrogens (tertiary/aromatic N) is 1. The Labute approximate surface area is 176 Å². The monoisotopic (exact) mass is 386 g/mol. The zero-order valence-corrected chi connectivity index (χ0v) is 19.1. The van der Waals surface area contributed by atoms with Crippen molar-refractivity contribution < 1.29 is 4.57 Å². The van der Waals surface area contributed by atoms with E-state index in [4.69, 9.17) is 0 Å². The number of fused-ring (bicyclic) bond motifs is 1. The molecule has 0 N–H and O–H groups in total. The minimum Gasteiger partial charge on any atom is -0.200 e. The summed E-state index contributed by atoms with van der Waals surface area (Å²) in [5.74, 6) is 0.749. The van der Waals surface area contributed by atoms with E-state index < -0.39 is 0 Å². The van der Waals surface area contributed by atoms with Crippen LogP contribution in [0.2, 0.25) is 0 Å². The molecule has 0 amide bonds. The van der Waals surface area contributed by atoms with Crippen molar-refractivity contribution in [2.75, 3.05) is 0 Å². The molecule has 1 aliphatic rings. The zero-order valence-electron chi connectivity index (χ0n) is 19.1. The number of benzene rings is 2. The topological polar surface area (TPSA) is 3.88 Å². The fourth-order valence-electron chi connectivity index (χ4n) is 4.95. The lowest BCUT2D eigenvalue weighted by Gasteiger charge is -2.23. The number of pyridine rings is 1. The second-order valence-electron chi connectivity index (χ2n) is 10.2. The Kier molecular flexibility index (Phi) is 5.27. The average Bonchev–Trinajstić information content (AvgIpc) is 2.70. The van der Waals surface area contributed by atoms with Gasteiger partial charge in [-0.25, -0.2) is 4.57 Å². The first-order valence-electron chi connectivity index (χ1n) is 11.3. The van der Waals surface area contributed by atoms with Gasteiger partial charge in [-0.1, -0.05) is 58.2 Å². The molecule has 1 heterocycles. The lowest BCUT2D eigenvalue weighted by Crippen LogP contribution is -2.31. The molecule has 0 bridgehead atoms. The Morgan fingerprint density at radius 2 is 1.62 bits per heavy atom. The Morgan fingerprint density at radius 3 is 2.31 bits per heavy atom. The van der Waals surface area contributed by atoms with Crippen LogP contribution in [0.25, 0.3) is 22.0 Å². The van der Waals surface area contributed by atoms with Crippen LogP contribution in [0.4, 0.5) is 0 Å². The molecular weight excluding hydrogens is 350 g/mol. The molecule has 3 aromatic rings. The summed E-state index contributed by atoms with van der Waals surface area (Å²) in [5.41, 5.74) is 8.56. The van der Waals surface area contributed by atoms with Gasteiger partial charge in [-0.05, 0) is 77.8 Å². The van der Waals surface area contributed by atoms with Crippen molar-refractivity contribution in [2.24, 2.45) is 7.05 Å². The molecule has 0 spiro atoms. The second kappa shape index (κ2) is 7.59. The third-order valence-corrected chi connectivity index (χ3v) is 7.03. The van der Waals surface area contributed by atoms with Crippen LogP contribution in [0, 0.1) is 13.8 Å². The number of hydrogen-bond acceptors (Lipinski definition) is 0. The van der Waals surface area contributed by atoms with Crippen molar-refractivity contribution in [3.63, 3.8) is 0 Å². The minimum atomic E-state index is 0.143. The fourth-order valence-corrected chi connectivity index (χ4v) is 4.95. The van der Waals surface area contributed by atoms with Crippen LogP contribution in [0.3, 0.4) is 0 Å². The summed E-state index contributed by atoms with van der Waals surface area (Å²) in [4.78, 5) is 0. The van der Waals surface area contributed by atoms with E-state index in [2.05, 4.69) is 88.8 Å². The van der Waals surface area contributed by atoms with Crippen molar-refractivity contribution in [3.8, 4) is 11.3 Å². The molecule has 1 fully saturated rings. The van der Waals surface area contributed by atoms with E-state index in [1.165, 1.54) is 76.4 Å². The highest BCUT2D eigenvalue weighted by molar-refractivity contribution is 5.94.